The summed E-state index contributed by atoms with van der Waals surface area (Å²) in [6.07, 6.45) is 5.46. The first-order valence-corrected chi connectivity index (χ1v) is 10.4. The van der Waals surface area contributed by atoms with Crippen LogP contribution in [-0.2, 0) is 4.79 Å². The van der Waals surface area contributed by atoms with E-state index in [2.05, 4.69) is 36.2 Å². The molecule has 29 heavy (non-hydrogen) atoms. The molecule has 2 aliphatic heterocycles. The first kappa shape index (κ1) is 18.4. The highest BCUT2D eigenvalue weighted by atomic mass is 79.9. The van der Waals surface area contributed by atoms with Crippen molar-refractivity contribution < 1.29 is 9.18 Å². The van der Waals surface area contributed by atoms with Gasteiger partial charge in [-0.15, -0.1) is 0 Å². The fourth-order valence-corrected chi connectivity index (χ4v) is 4.75. The molecule has 0 aliphatic carbocycles. The summed E-state index contributed by atoms with van der Waals surface area (Å²) in [5, 5.41) is 3.76. The fraction of sp³-hybridized carbons (Fsp3) is 0.333. The largest absolute Gasteiger partial charge is 0.356 e. The van der Waals surface area contributed by atoms with E-state index in [1.165, 1.54) is 12.4 Å². The van der Waals surface area contributed by atoms with E-state index < -0.39 is 0 Å². The second-order valence-electron chi connectivity index (χ2n) is 7.69. The molecule has 8 heteroatoms. The molecule has 2 saturated heterocycles. The number of rotatable bonds is 2. The van der Waals surface area contributed by atoms with Gasteiger partial charge in [0, 0.05) is 41.3 Å². The number of nitrogens with one attached hydrogen (secondary N) is 1. The summed E-state index contributed by atoms with van der Waals surface area (Å²) in [6.45, 7) is 1.99. The van der Waals surface area contributed by atoms with Gasteiger partial charge in [-0.2, -0.15) is 0 Å². The van der Waals surface area contributed by atoms with E-state index in [-0.39, 0.29) is 17.1 Å². The van der Waals surface area contributed by atoms with Crippen molar-refractivity contribution in [1.29, 1.82) is 0 Å². The second kappa shape index (κ2) is 7.02. The van der Waals surface area contributed by atoms with Crippen LogP contribution in [0.5, 0.6) is 0 Å². The number of aromatic nitrogens is 3. The maximum absolute atomic E-state index is 15.0. The van der Waals surface area contributed by atoms with Crippen LogP contribution in [0.4, 0.5) is 10.2 Å². The molecule has 0 radical (unpaired) electrons. The lowest BCUT2D eigenvalue weighted by Crippen LogP contribution is -2.44. The average molecular weight is 456 g/mol. The summed E-state index contributed by atoms with van der Waals surface area (Å²) >= 11 is 3.47. The molecule has 0 unspecified atom stereocenters. The summed E-state index contributed by atoms with van der Waals surface area (Å²) in [7, 11) is 0. The number of benzene rings is 1. The van der Waals surface area contributed by atoms with Crippen molar-refractivity contribution in [3.8, 4) is 11.3 Å². The van der Waals surface area contributed by atoms with Crippen LogP contribution in [0.25, 0.3) is 22.2 Å². The van der Waals surface area contributed by atoms with Crippen LogP contribution in [0.3, 0.4) is 0 Å². The molecule has 2 aliphatic rings. The van der Waals surface area contributed by atoms with Crippen LogP contribution in [-0.4, -0.2) is 40.5 Å². The van der Waals surface area contributed by atoms with Crippen LogP contribution in [0.1, 0.15) is 19.3 Å². The van der Waals surface area contributed by atoms with Gasteiger partial charge in [-0.1, -0.05) is 15.9 Å². The molecule has 1 amide bonds. The Kier molecular flexibility index (Phi) is 4.46. The van der Waals surface area contributed by atoms with E-state index in [1.54, 1.807) is 6.20 Å². The number of anilines is 1. The topological polar surface area (TPSA) is 71.0 Å². The van der Waals surface area contributed by atoms with Gasteiger partial charge in [0.1, 0.15) is 6.33 Å². The molecule has 148 valence electrons. The Balaban J connectivity index is 1.43. The van der Waals surface area contributed by atoms with E-state index in [4.69, 9.17) is 0 Å². The molecule has 2 fully saturated rings. The molecule has 5 rings (SSSR count). The van der Waals surface area contributed by atoms with Crippen LogP contribution >= 0.6 is 15.9 Å². The molecule has 2 aromatic heterocycles. The minimum absolute atomic E-state index is 0.141. The fourth-order valence-electron chi connectivity index (χ4n) is 4.39. The molecule has 0 saturated carbocycles. The molecule has 4 heterocycles. The van der Waals surface area contributed by atoms with Crippen molar-refractivity contribution in [3.05, 3.63) is 47.1 Å². The number of amides is 1. The Morgan fingerprint density at radius 2 is 1.93 bits per heavy atom. The zero-order chi connectivity index (χ0) is 20.0. The third-order valence-electron chi connectivity index (χ3n) is 6.08. The third-order valence-corrected chi connectivity index (χ3v) is 6.58. The Morgan fingerprint density at radius 3 is 2.66 bits per heavy atom. The van der Waals surface area contributed by atoms with Crippen molar-refractivity contribution in [2.75, 3.05) is 24.5 Å². The van der Waals surface area contributed by atoms with Gasteiger partial charge in [-0.3, -0.25) is 4.79 Å². The van der Waals surface area contributed by atoms with Crippen molar-refractivity contribution in [1.82, 2.24) is 20.3 Å². The number of carbonyl (C=O) groups excluding carboxylic acids is 1. The molecule has 0 bridgehead atoms. The standard InChI is InChI=1S/C21H19BrFN5O/c22-14-1-2-17-15(10-14)18(27-12-26-17)13-9-16(23)19(25-11-13)28-7-4-21(5-8-28)3-6-24-20(21)29/h1-2,9-12H,3-8H2,(H,24,29). The molecule has 3 aromatic rings. The number of piperidine rings is 1. The lowest BCUT2D eigenvalue weighted by molar-refractivity contribution is -0.128. The number of hydrogen-bond donors (Lipinski definition) is 1. The molecule has 1 N–H and O–H groups in total. The van der Waals surface area contributed by atoms with Crippen LogP contribution in [0.2, 0.25) is 0 Å². The first-order chi connectivity index (χ1) is 14.1. The summed E-state index contributed by atoms with van der Waals surface area (Å²) in [6, 6.07) is 7.21. The molecule has 0 atom stereocenters. The Labute approximate surface area is 175 Å². The van der Waals surface area contributed by atoms with Gasteiger partial charge in [0.15, 0.2) is 11.6 Å². The van der Waals surface area contributed by atoms with E-state index in [0.717, 1.165) is 41.2 Å². The zero-order valence-electron chi connectivity index (χ0n) is 15.7. The summed E-state index contributed by atoms with van der Waals surface area (Å²) < 4.78 is 15.9. The number of fused-ring (bicyclic) bond motifs is 1. The number of pyridine rings is 1. The highest BCUT2D eigenvalue weighted by Gasteiger charge is 2.44. The highest BCUT2D eigenvalue weighted by Crippen LogP contribution is 2.39. The zero-order valence-corrected chi connectivity index (χ0v) is 17.2. The van der Waals surface area contributed by atoms with E-state index in [0.29, 0.717) is 30.2 Å². The normalized spacial score (nSPS) is 18.4. The molecular weight excluding hydrogens is 437 g/mol. The van der Waals surface area contributed by atoms with Gasteiger partial charge in [0.25, 0.3) is 0 Å². The minimum atomic E-state index is -0.379. The monoisotopic (exact) mass is 455 g/mol. The van der Waals surface area contributed by atoms with Crippen molar-refractivity contribution in [2.24, 2.45) is 5.41 Å². The summed E-state index contributed by atoms with van der Waals surface area (Å²) in [4.78, 5) is 27.2. The number of nitrogens with zero attached hydrogens (tertiary/aromatic N) is 4. The number of halogens is 2. The van der Waals surface area contributed by atoms with Gasteiger partial charge in [0.2, 0.25) is 5.91 Å². The lowest BCUT2D eigenvalue weighted by Gasteiger charge is -2.38. The molecule has 1 spiro atoms. The Bertz CT molecular complexity index is 1110. The van der Waals surface area contributed by atoms with Crippen molar-refractivity contribution >= 4 is 38.6 Å². The van der Waals surface area contributed by atoms with Crippen molar-refractivity contribution in [3.63, 3.8) is 0 Å². The van der Waals surface area contributed by atoms with E-state index in [1.807, 2.05) is 23.1 Å². The first-order valence-electron chi connectivity index (χ1n) is 9.65. The predicted molar refractivity (Wildman–Crippen MR) is 112 cm³/mol. The third kappa shape index (κ3) is 3.15. The minimum Gasteiger partial charge on any atom is -0.356 e. The lowest BCUT2D eigenvalue weighted by atomic mass is 9.77. The van der Waals surface area contributed by atoms with Crippen LogP contribution in [0, 0.1) is 11.2 Å². The number of carbonyl (C=O) groups is 1. The number of hydrogen-bond acceptors (Lipinski definition) is 5. The smallest absolute Gasteiger partial charge is 0.226 e. The summed E-state index contributed by atoms with van der Waals surface area (Å²) in [5.74, 6) is 0.0976. The highest BCUT2D eigenvalue weighted by molar-refractivity contribution is 9.10. The van der Waals surface area contributed by atoms with E-state index >= 15 is 4.39 Å². The SMILES string of the molecule is O=C1NCCC12CCN(c1ncc(-c3ncnc4ccc(Br)cc34)cc1F)CC2. The van der Waals surface area contributed by atoms with E-state index in [9.17, 15) is 4.79 Å². The molecular formula is C21H19BrFN5O. The Morgan fingerprint density at radius 1 is 1.10 bits per heavy atom. The maximum Gasteiger partial charge on any atom is 0.226 e. The van der Waals surface area contributed by atoms with Crippen LogP contribution < -0.4 is 10.2 Å². The van der Waals surface area contributed by atoms with Crippen LogP contribution in [0.15, 0.2) is 41.3 Å². The average Bonchev–Trinajstić information content (AvgIpc) is 3.08. The quantitative estimate of drug-likeness (QED) is 0.637. The second-order valence-corrected chi connectivity index (χ2v) is 8.60. The van der Waals surface area contributed by atoms with Gasteiger partial charge >= 0.3 is 0 Å². The predicted octanol–water partition coefficient (Wildman–Crippen LogP) is 3.70. The Hall–Kier alpha value is -2.61. The molecule has 6 nitrogen and oxygen atoms in total. The maximum atomic E-state index is 15.0. The van der Waals surface area contributed by atoms with Gasteiger partial charge in [-0.05, 0) is 43.5 Å². The van der Waals surface area contributed by atoms with Gasteiger partial charge in [0.05, 0.1) is 16.6 Å². The van der Waals surface area contributed by atoms with Crippen molar-refractivity contribution in [2.45, 2.75) is 19.3 Å². The summed E-state index contributed by atoms with van der Waals surface area (Å²) in [5.41, 5.74) is 1.77. The van der Waals surface area contributed by atoms with Gasteiger partial charge < -0.3 is 10.2 Å². The van der Waals surface area contributed by atoms with Gasteiger partial charge in [-0.25, -0.2) is 19.3 Å². The molecule has 1 aromatic carbocycles.